The largest absolute Gasteiger partial charge is 0.494 e. The molecule has 46 heavy (non-hydrogen) atoms. The number of ether oxygens (including phenoxy) is 2. The van der Waals surface area contributed by atoms with Crippen LogP contribution in [0.3, 0.4) is 0 Å². The molecule has 0 aliphatic carbocycles. The fourth-order valence-corrected chi connectivity index (χ4v) is 5.75. The highest BCUT2D eigenvalue weighted by atomic mass is 79.9. The Bertz CT molecular complexity index is 1770. The lowest BCUT2D eigenvalue weighted by molar-refractivity contribution is -0.130. The zero-order valence-electron chi connectivity index (χ0n) is 24.4. The van der Waals surface area contributed by atoms with Gasteiger partial charge in [0.2, 0.25) is 5.90 Å². The second kappa shape index (κ2) is 15.5. The predicted molar refractivity (Wildman–Crippen MR) is 181 cm³/mol. The summed E-state index contributed by atoms with van der Waals surface area (Å²) < 4.78 is 13.1. The zero-order chi connectivity index (χ0) is 32.5. The maximum Gasteiger partial charge on any atom is 0.266 e. The van der Waals surface area contributed by atoms with E-state index in [1.165, 1.54) is 0 Å². The maximum absolute atomic E-state index is 14.4. The number of carbonyl (C=O) groups excluding carboxylic acids is 1. The Labute approximate surface area is 284 Å². The van der Waals surface area contributed by atoms with Gasteiger partial charge in [0.15, 0.2) is 11.6 Å². The van der Waals surface area contributed by atoms with Crippen LogP contribution in [0.25, 0.3) is 10.4 Å². The van der Waals surface area contributed by atoms with Gasteiger partial charge in [-0.05, 0) is 70.8 Å². The topological polar surface area (TPSA) is 141 Å². The van der Waals surface area contributed by atoms with Crippen molar-refractivity contribution < 1.29 is 19.4 Å². The molecule has 0 unspecified atom stereocenters. The highest BCUT2D eigenvalue weighted by molar-refractivity contribution is 9.10. The molecule has 1 heterocycles. The number of carbonyl (C=O) groups is 1. The number of halogens is 3. The number of nitrogens with one attached hydrogen (secondary N) is 2. The molecule has 0 saturated heterocycles. The van der Waals surface area contributed by atoms with Crippen molar-refractivity contribution in [3.63, 3.8) is 0 Å². The maximum atomic E-state index is 14.4. The van der Waals surface area contributed by atoms with Crippen LogP contribution in [0.2, 0.25) is 10.0 Å². The van der Waals surface area contributed by atoms with Gasteiger partial charge in [-0.25, -0.2) is 10.4 Å². The monoisotopic (exact) mass is 722 g/mol. The molecule has 0 fully saturated rings. The number of hydrazine groups is 1. The Morgan fingerprint density at radius 3 is 2.54 bits per heavy atom. The number of hydrogen-bond donors (Lipinski definition) is 3. The molecule has 4 aromatic rings. The Morgan fingerprint density at radius 1 is 1.07 bits per heavy atom. The molecular weight excluding hydrogens is 695 g/mol. The number of amides is 1. The van der Waals surface area contributed by atoms with Crippen LogP contribution in [0.15, 0.2) is 106 Å². The quantitative estimate of drug-likeness (QED) is 0.0425. The van der Waals surface area contributed by atoms with Gasteiger partial charge in [-0.3, -0.25) is 10.2 Å². The Balaban J connectivity index is 1.55. The average Bonchev–Trinajstić information content (AvgIpc) is 3.44. The SMILES string of the molecule is [N-]=[N+]=Nc1ccccc1C[C@]1(C(=O)NNCc2ccc(Cl)cc2Cl)N=C(c2ccc(OCCCO)cc2)O[C@H]1c1ccc(Br)cc1. The van der Waals surface area contributed by atoms with Gasteiger partial charge in [-0.2, -0.15) is 0 Å². The first-order chi connectivity index (χ1) is 22.3. The third-order valence-corrected chi connectivity index (χ3v) is 8.42. The molecule has 1 aliphatic rings. The highest BCUT2D eigenvalue weighted by Gasteiger charge is 2.53. The lowest BCUT2D eigenvalue weighted by atomic mass is 9.81. The molecule has 1 aliphatic heterocycles. The van der Waals surface area contributed by atoms with Crippen molar-refractivity contribution in [2.75, 3.05) is 13.2 Å². The van der Waals surface area contributed by atoms with Crippen LogP contribution in [0.5, 0.6) is 5.75 Å². The number of rotatable bonds is 13. The number of aliphatic hydroxyl groups excluding tert-OH is 1. The molecule has 1 amide bonds. The summed E-state index contributed by atoms with van der Waals surface area (Å²) in [7, 11) is 0. The number of hydrogen-bond acceptors (Lipinski definition) is 7. The number of nitrogens with zero attached hydrogens (tertiary/aromatic N) is 4. The fraction of sp³-hybridized carbons (Fsp3) is 0.212. The normalized spacial score (nSPS) is 17.0. The molecule has 0 spiro atoms. The molecule has 5 rings (SSSR count). The van der Waals surface area contributed by atoms with Crippen molar-refractivity contribution in [3.8, 4) is 5.75 Å². The lowest BCUT2D eigenvalue weighted by Crippen LogP contribution is -2.53. The molecule has 0 bridgehead atoms. The second-order valence-electron chi connectivity index (χ2n) is 10.4. The number of benzene rings is 4. The molecule has 4 aromatic carbocycles. The summed E-state index contributed by atoms with van der Waals surface area (Å²) in [4.78, 5) is 22.4. The van der Waals surface area contributed by atoms with E-state index >= 15 is 0 Å². The Hall–Kier alpha value is -4.09. The first kappa shape index (κ1) is 33.3. The first-order valence-corrected chi connectivity index (χ1v) is 15.8. The Morgan fingerprint density at radius 2 is 1.83 bits per heavy atom. The van der Waals surface area contributed by atoms with E-state index in [1.54, 1.807) is 60.7 Å². The summed E-state index contributed by atoms with van der Waals surface area (Å²) in [5.74, 6) is 0.407. The molecule has 236 valence electrons. The minimum Gasteiger partial charge on any atom is -0.494 e. The van der Waals surface area contributed by atoms with Gasteiger partial charge >= 0.3 is 0 Å². The standard InChI is InChI=1S/C33H29BrCl2N6O4/c34-25-11-6-21(7-12-25)30-33(19-23-4-1-2-5-29(23)40-42-37,32(44)41-38-20-24-8-13-26(35)18-28(24)36)39-31(46-30)22-9-14-27(15-10-22)45-17-3-16-43/h1-2,4-15,18,30,38,43H,3,16-17,19-20H2,(H,41,44)/t30-,33-/m0/s1. The molecular formula is C33H29BrCl2N6O4. The van der Waals surface area contributed by atoms with Crippen LogP contribution < -0.4 is 15.6 Å². The summed E-state index contributed by atoms with van der Waals surface area (Å²) in [6.07, 6.45) is -0.306. The lowest BCUT2D eigenvalue weighted by Gasteiger charge is -2.31. The molecule has 0 aromatic heterocycles. The smallest absolute Gasteiger partial charge is 0.266 e. The third kappa shape index (κ3) is 7.82. The highest BCUT2D eigenvalue weighted by Crippen LogP contribution is 2.44. The van der Waals surface area contributed by atoms with E-state index in [2.05, 4.69) is 36.8 Å². The van der Waals surface area contributed by atoms with Crippen molar-refractivity contribution in [1.82, 2.24) is 10.9 Å². The zero-order valence-corrected chi connectivity index (χ0v) is 27.5. The van der Waals surface area contributed by atoms with Crippen molar-refractivity contribution in [3.05, 3.63) is 138 Å². The predicted octanol–water partition coefficient (Wildman–Crippen LogP) is 7.78. The van der Waals surface area contributed by atoms with Gasteiger partial charge in [0.05, 0.1) is 6.61 Å². The number of azide groups is 1. The van der Waals surface area contributed by atoms with E-state index in [0.29, 0.717) is 51.2 Å². The van der Waals surface area contributed by atoms with Crippen LogP contribution in [-0.4, -0.2) is 35.7 Å². The van der Waals surface area contributed by atoms with Gasteiger partial charge in [-0.15, -0.1) is 0 Å². The van der Waals surface area contributed by atoms with Crippen LogP contribution in [0.1, 0.15) is 34.8 Å². The molecule has 10 nitrogen and oxygen atoms in total. The number of aliphatic hydroxyl groups is 1. The Kier molecular flexibility index (Phi) is 11.2. The summed E-state index contributed by atoms with van der Waals surface area (Å²) >= 11 is 15.9. The van der Waals surface area contributed by atoms with Crippen LogP contribution in [0.4, 0.5) is 5.69 Å². The first-order valence-electron chi connectivity index (χ1n) is 14.3. The van der Waals surface area contributed by atoms with Gasteiger partial charge < -0.3 is 14.6 Å². The van der Waals surface area contributed by atoms with E-state index < -0.39 is 17.6 Å². The van der Waals surface area contributed by atoms with Gasteiger partial charge in [0.1, 0.15) is 5.75 Å². The van der Waals surface area contributed by atoms with Gasteiger partial charge in [0.25, 0.3) is 5.91 Å². The molecule has 2 atom stereocenters. The van der Waals surface area contributed by atoms with E-state index in [4.69, 9.17) is 42.8 Å². The minimum atomic E-state index is -1.54. The second-order valence-corrected chi connectivity index (χ2v) is 12.1. The number of aliphatic imine (C=N–C) groups is 1. The molecule has 13 heteroatoms. The van der Waals surface area contributed by atoms with Crippen molar-refractivity contribution in [2.24, 2.45) is 10.1 Å². The van der Waals surface area contributed by atoms with E-state index in [9.17, 15) is 10.3 Å². The third-order valence-electron chi connectivity index (χ3n) is 7.30. The average molecular weight is 724 g/mol. The molecule has 0 radical (unpaired) electrons. The van der Waals surface area contributed by atoms with Crippen molar-refractivity contribution >= 4 is 56.6 Å². The molecule has 3 N–H and O–H groups in total. The summed E-state index contributed by atoms with van der Waals surface area (Å²) in [5.41, 5.74) is 16.6. The van der Waals surface area contributed by atoms with Gasteiger partial charge in [0, 0.05) is 56.7 Å². The summed E-state index contributed by atoms with van der Waals surface area (Å²) in [5, 5.41) is 13.9. The summed E-state index contributed by atoms with van der Waals surface area (Å²) in [6.45, 7) is 0.626. The van der Waals surface area contributed by atoms with Crippen LogP contribution >= 0.6 is 39.1 Å². The molecule has 0 saturated carbocycles. The van der Waals surface area contributed by atoms with E-state index in [-0.39, 0.29) is 25.5 Å². The minimum absolute atomic E-state index is 0.0364. The van der Waals surface area contributed by atoms with E-state index in [1.807, 2.05) is 30.3 Å². The van der Waals surface area contributed by atoms with Gasteiger partial charge in [-0.1, -0.05) is 86.7 Å². The van der Waals surface area contributed by atoms with E-state index in [0.717, 1.165) is 10.0 Å². The van der Waals surface area contributed by atoms with Crippen LogP contribution in [0, 0.1) is 0 Å². The van der Waals surface area contributed by atoms with Crippen molar-refractivity contribution in [1.29, 1.82) is 0 Å². The van der Waals surface area contributed by atoms with Crippen LogP contribution in [-0.2, 0) is 22.5 Å². The fourth-order valence-electron chi connectivity index (χ4n) is 5.01. The summed E-state index contributed by atoms with van der Waals surface area (Å²) in [6, 6.07) is 26.8. The van der Waals surface area contributed by atoms with Crippen molar-refractivity contribution in [2.45, 2.75) is 31.0 Å².